The van der Waals surface area contributed by atoms with Crippen LogP contribution in [0.5, 0.6) is 0 Å². The van der Waals surface area contributed by atoms with Crippen LogP contribution in [-0.4, -0.2) is 36.2 Å². The molecule has 2 heterocycles. The molecule has 0 spiro atoms. The Balaban J connectivity index is 1.83. The van der Waals surface area contributed by atoms with Gasteiger partial charge in [0.05, 0.1) is 6.04 Å². The molecule has 2 aliphatic rings. The molecule has 2 rings (SSSR count). The molecule has 0 radical (unpaired) electrons. The van der Waals surface area contributed by atoms with Gasteiger partial charge in [0.2, 0.25) is 0 Å². The van der Waals surface area contributed by atoms with Crippen molar-refractivity contribution in [1.82, 2.24) is 5.32 Å². The fraction of sp³-hybridized carbons (Fsp3) is 0.917. The van der Waals surface area contributed by atoms with Crippen molar-refractivity contribution < 1.29 is 4.74 Å². The van der Waals surface area contributed by atoms with E-state index in [0.717, 1.165) is 24.3 Å². The minimum absolute atomic E-state index is 0.491. The first-order valence-corrected chi connectivity index (χ1v) is 7.29. The van der Waals surface area contributed by atoms with Crippen molar-refractivity contribution in [2.24, 2.45) is 10.9 Å². The van der Waals surface area contributed by atoms with E-state index in [0.29, 0.717) is 12.1 Å². The maximum atomic E-state index is 5.39. The molecule has 0 amide bonds. The lowest BCUT2D eigenvalue weighted by molar-refractivity contribution is 0.0583. The minimum Gasteiger partial charge on any atom is -0.381 e. The summed E-state index contributed by atoms with van der Waals surface area (Å²) >= 11 is 1.87. The van der Waals surface area contributed by atoms with Gasteiger partial charge in [0.25, 0.3) is 0 Å². The zero-order valence-electron chi connectivity index (χ0n) is 10.2. The molecule has 16 heavy (non-hydrogen) atoms. The molecule has 92 valence electrons. The molecular formula is C12H22N2OS. The Morgan fingerprint density at radius 3 is 2.81 bits per heavy atom. The van der Waals surface area contributed by atoms with E-state index >= 15 is 0 Å². The Hall–Kier alpha value is -0.220. The molecule has 2 unspecified atom stereocenters. The van der Waals surface area contributed by atoms with E-state index in [1.165, 1.54) is 25.0 Å². The van der Waals surface area contributed by atoms with E-state index in [-0.39, 0.29) is 0 Å². The predicted molar refractivity (Wildman–Crippen MR) is 70.1 cm³/mol. The van der Waals surface area contributed by atoms with Crippen molar-refractivity contribution in [3.63, 3.8) is 0 Å². The highest BCUT2D eigenvalue weighted by molar-refractivity contribution is 8.13. The van der Waals surface area contributed by atoms with Crippen molar-refractivity contribution in [3.05, 3.63) is 0 Å². The van der Waals surface area contributed by atoms with Crippen molar-refractivity contribution in [3.8, 4) is 0 Å². The lowest BCUT2D eigenvalue weighted by Crippen LogP contribution is -2.40. The van der Waals surface area contributed by atoms with Gasteiger partial charge in [-0.1, -0.05) is 11.8 Å². The molecule has 1 N–H and O–H groups in total. The van der Waals surface area contributed by atoms with Gasteiger partial charge in [0, 0.05) is 25.0 Å². The van der Waals surface area contributed by atoms with E-state index in [1.807, 2.05) is 11.8 Å². The van der Waals surface area contributed by atoms with Crippen LogP contribution in [0.2, 0.25) is 0 Å². The van der Waals surface area contributed by atoms with Crippen molar-refractivity contribution >= 4 is 16.9 Å². The Morgan fingerprint density at radius 2 is 2.12 bits per heavy atom. The highest BCUT2D eigenvalue weighted by Gasteiger charge is 2.22. The fourth-order valence-corrected chi connectivity index (χ4v) is 3.41. The number of amidine groups is 1. The third-order valence-electron chi connectivity index (χ3n) is 3.44. The summed E-state index contributed by atoms with van der Waals surface area (Å²) in [7, 11) is 0. The van der Waals surface area contributed by atoms with Gasteiger partial charge < -0.3 is 10.1 Å². The molecule has 2 aliphatic heterocycles. The second-order valence-electron chi connectivity index (χ2n) is 4.80. The maximum absolute atomic E-state index is 5.39. The average molecular weight is 242 g/mol. The van der Waals surface area contributed by atoms with Gasteiger partial charge in [-0.05, 0) is 39.0 Å². The van der Waals surface area contributed by atoms with Gasteiger partial charge in [-0.3, -0.25) is 4.99 Å². The normalized spacial score (nSPS) is 29.6. The standard InChI is InChI=1S/C12H22N2OS/c1-9-5-8-16-12(13-9)14-10(2)11-3-6-15-7-4-11/h9-11H,3-8H2,1-2H3,(H,13,14). The van der Waals surface area contributed by atoms with Crippen LogP contribution in [0, 0.1) is 5.92 Å². The molecule has 1 fully saturated rings. The Bertz CT molecular complexity index is 251. The molecule has 2 atom stereocenters. The maximum Gasteiger partial charge on any atom is 0.157 e. The summed E-state index contributed by atoms with van der Waals surface area (Å²) in [6.45, 7) is 6.32. The van der Waals surface area contributed by atoms with Gasteiger partial charge in [0.1, 0.15) is 0 Å². The second-order valence-corrected chi connectivity index (χ2v) is 5.89. The average Bonchev–Trinajstić information content (AvgIpc) is 2.30. The summed E-state index contributed by atoms with van der Waals surface area (Å²) in [5.41, 5.74) is 0. The number of aliphatic imine (C=N–C) groups is 1. The van der Waals surface area contributed by atoms with Crippen molar-refractivity contribution in [1.29, 1.82) is 0 Å². The fourth-order valence-electron chi connectivity index (χ4n) is 2.24. The Morgan fingerprint density at radius 1 is 1.38 bits per heavy atom. The number of hydrogen-bond acceptors (Lipinski definition) is 4. The van der Waals surface area contributed by atoms with Crippen LogP contribution < -0.4 is 5.32 Å². The van der Waals surface area contributed by atoms with E-state index in [2.05, 4.69) is 24.2 Å². The van der Waals surface area contributed by atoms with E-state index < -0.39 is 0 Å². The van der Waals surface area contributed by atoms with Crippen LogP contribution >= 0.6 is 11.8 Å². The van der Waals surface area contributed by atoms with Crippen molar-refractivity contribution in [2.75, 3.05) is 19.0 Å². The SMILES string of the molecule is CC1CCSC(NC(C)C2CCOCC2)=N1. The van der Waals surface area contributed by atoms with Crippen LogP contribution in [-0.2, 0) is 4.74 Å². The number of hydrogen-bond donors (Lipinski definition) is 1. The first-order valence-electron chi connectivity index (χ1n) is 6.30. The summed E-state index contributed by atoms with van der Waals surface area (Å²) in [5, 5.41) is 4.73. The van der Waals surface area contributed by atoms with Gasteiger partial charge in [-0.15, -0.1) is 0 Å². The summed E-state index contributed by atoms with van der Waals surface area (Å²) in [6, 6.07) is 1.02. The monoisotopic (exact) mass is 242 g/mol. The van der Waals surface area contributed by atoms with Crippen LogP contribution in [0.25, 0.3) is 0 Å². The van der Waals surface area contributed by atoms with Crippen molar-refractivity contribution in [2.45, 2.75) is 45.2 Å². The second kappa shape index (κ2) is 5.92. The number of ether oxygens (including phenoxy) is 1. The molecular weight excluding hydrogens is 220 g/mol. The number of nitrogens with one attached hydrogen (secondary N) is 1. The lowest BCUT2D eigenvalue weighted by Gasteiger charge is -2.30. The van der Waals surface area contributed by atoms with Crippen LogP contribution in [0.1, 0.15) is 33.1 Å². The number of thioether (sulfide) groups is 1. The summed E-state index contributed by atoms with van der Waals surface area (Å²) in [4.78, 5) is 4.65. The summed E-state index contributed by atoms with van der Waals surface area (Å²) < 4.78 is 5.39. The lowest BCUT2D eigenvalue weighted by atomic mass is 9.93. The van der Waals surface area contributed by atoms with E-state index in [4.69, 9.17) is 4.74 Å². The van der Waals surface area contributed by atoms with E-state index in [1.54, 1.807) is 0 Å². The van der Waals surface area contributed by atoms with Gasteiger partial charge in [-0.2, -0.15) is 0 Å². The topological polar surface area (TPSA) is 33.6 Å². The smallest absolute Gasteiger partial charge is 0.157 e. The molecule has 4 heteroatoms. The van der Waals surface area contributed by atoms with Gasteiger partial charge in [-0.25, -0.2) is 0 Å². The Kier molecular flexibility index (Phi) is 4.53. The van der Waals surface area contributed by atoms with Crippen LogP contribution in [0.3, 0.4) is 0 Å². The quantitative estimate of drug-likeness (QED) is 0.806. The predicted octanol–water partition coefficient (Wildman–Crippen LogP) is 2.27. The zero-order chi connectivity index (χ0) is 11.4. The van der Waals surface area contributed by atoms with Crippen LogP contribution in [0.4, 0.5) is 0 Å². The first-order chi connectivity index (χ1) is 7.75. The molecule has 0 aromatic carbocycles. The largest absolute Gasteiger partial charge is 0.381 e. The minimum atomic E-state index is 0.491. The Labute approximate surface area is 102 Å². The highest BCUT2D eigenvalue weighted by atomic mass is 32.2. The first kappa shape index (κ1) is 12.2. The zero-order valence-corrected chi connectivity index (χ0v) is 11.1. The number of rotatable bonds is 2. The van der Waals surface area contributed by atoms with Gasteiger partial charge in [0.15, 0.2) is 5.17 Å². The molecule has 0 saturated carbocycles. The number of nitrogens with zero attached hydrogens (tertiary/aromatic N) is 1. The summed E-state index contributed by atoms with van der Waals surface area (Å²) in [6.07, 6.45) is 3.57. The third kappa shape index (κ3) is 3.39. The third-order valence-corrected chi connectivity index (χ3v) is 4.37. The highest BCUT2D eigenvalue weighted by Crippen LogP contribution is 2.21. The van der Waals surface area contributed by atoms with Crippen LogP contribution in [0.15, 0.2) is 4.99 Å². The molecule has 0 aromatic heterocycles. The molecule has 0 aliphatic carbocycles. The summed E-state index contributed by atoms with van der Waals surface area (Å²) in [5.74, 6) is 1.95. The molecule has 1 saturated heterocycles. The van der Waals surface area contributed by atoms with E-state index in [9.17, 15) is 0 Å². The van der Waals surface area contributed by atoms with Gasteiger partial charge >= 0.3 is 0 Å². The molecule has 0 aromatic rings. The molecule has 0 bridgehead atoms. The molecule has 3 nitrogen and oxygen atoms in total.